The van der Waals surface area contributed by atoms with E-state index >= 15 is 0 Å². The number of ether oxygens (including phenoxy) is 1. The fourth-order valence-electron chi connectivity index (χ4n) is 4.89. The van der Waals surface area contributed by atoms with Crippen LogP contribution in [-0.4, -0.2) is 68.3 Å². The number of carbonyl (C=O) groups is 3. The molecule has 0 aliphatic carbocycles. The molecule has 1 N–H and O–H groups in total. The Bertz CT molecular complexity index is 1040. The van der Waals surface area contributed by atoms with E-state index in [1.165, 1.54) is 0 Å². The summed E-state index contributed by atoms with van der Waals surface area (Å²) in [5, 5.41) is 0. The summed E-state index contributed by atoms with van der Waals surface area (Å²) in [4.78, 5) is 50.4. The minimum Gasteiger partial charge on any atom is -0.460 e. The molecule has 0 spiro atoms. The van der Waals surface area contributed by atoms with Crippen molar-refractivity contribution in [1.29, 1.82) is 0 Å². The second kappa shape index (κ2) is 8.15. The zero-order valence-electron chi connectivity index (χ0n) is 20.3. The first-order chi connectivity index (χ1) is 15.3. The topological polar surface area (TPSA) is 95.6 Å². The molecule has 8 heteroatoms. The van der Waals surface area contributed by atoms with Crippen LogP contribution in [0.25, 0.3) is 11.0 Å². The summed E-state index contributed by atoms with van der Waals surface area (Å²) >= 11 is 0. The lowest BCUT2D eigenvalue weighted by atomic mass is 9.77. The van der Waals surface area contributed by atoms with Crippen molar-refractivity contribution in [2.75, 3.05) is 13.1 Å². The highest BCUT2D eigenvalue weighted by Gasteiger charge is 2.50. The number of piperazine rings is 1. The zero-order chi connectivity index (χ0) is 24.1. The first-order valence-corrected chi connectivity index (χ1v) is 11.6. The molecule has 2 amide bonds. The maximum Gasteiger partial charge on any atom is 0.307 e. The molecule has 0 saturated carbocycles. The number of para-hydroxylation sites is 2. The number of nitrogens with one attached hydrogen (secondary N) is 1. The molecule has 1 aromatic carbocycles. The van der Waals surface area contributed by atoms with Gasteiger partial charge >= 0.3 is 5.97 Å². The van der Waals surface area contributed by atoms with Crippen LogP contribution in [0.1, 0.15) is 65.0 Å². The summed E-state index contributed by atoms with van der Waals surface area (Å²) < 4.78 is 5.49. The van der Waals surface area contributed by atoms with Crippen molar-refractivity contribution >= 4 is 28.8 Å². The normalized spacial score (nSPS) is 21.5. The van der Waals surface area contributed by atoms with Crippen molar-refractivity contribution in [2.45, 2.75) is 72.1 Å². The average Bonchev–Trinajstić information content (AvgIpc) is 3.42. The summed E-state index contributed by atoms with van der Waals surface area (Å²) in [7, 11) is 0. The number of imidazole rings is 1. The zero-order valence-corrected chi connectivity index (χ0v) is 20.3. The van der Waals surface area contributed by atoms with E-state index in [-0.39, 0.29) is 41.7 Å². The van der Waals surface area contributed by atoms with E-state index in [1.807, 2.05) is 75.6 Å². The van der Waals surface area contributed by atoms with E-state index in [0.717, 1.165) is 17.5 Å². The van der Waals surface area contributed by atoms with Gasteiger partial charge in [-0.3, -0.25) is 14.4 Å². The lowest BCUT2D eigenvalue weighted by Crippen LogP contribution is -2.53. The Hall–Kier alpha value is -2.90. The molecule has 178 valence electrons. The Balaban J connectivity index is 1.45. The minimum atomic E-state index is -0.590. The number of H-pyrrole nitrogens is 1. The first kappa shape index (κ1) is 23.3. The van der Waals surface area contributed by atoms with Crippen LogP contribution in [0.15, 0.2) is 24.3 Å². The quantitative estimate of drug-likeness (QED) is 0.715. The highest BCUT2D eigenvalue weighted by molar-refractivity contribution is 5.95. The van der Waals surface area contributed by atoms with E-state index in [4.69, 9.17) is 4.74 Å². The number of nitrogens with zero attached hydrogens (tertiary/aromatic N) is 3. The van der Waals surface area contributed by atoms with E-state index in [0.29, 0.717) is 18.9 Å². The summed E-state index contributed by atoms with van der Waals surface area (Å²) in [5.74, 6) is -0.671. The van der Waals surface area contributed by atoms with Gasteiger partial charge < -0.3 is 19.5 Å². The first-order valence-electron chi connectivity index (χ1n) is 11.6. The van der Waals surface area contributed by atoms with Gasteiger partial charge in [-0.2, -0.15) is 0 Å². The molecule has 2 fully saturated rings. The predicted molar refractivity (Wildman–Crippen MR) is 124 cm³/mol. The highest BCUT2D eigenvalue weighted by atomic mass is 16.6. The second-order valence-corrected chi connectivity index (χ2v) is 11.3. The van der Waals surface area contributed by atoms with Crippen LogP contribution in [0.5, 0.6) is 0 Å². The highest BCUT2D eigenvalue weighted by Crippen LogP contribution is 2.37. The number of rotatable bonds is 4. The Morgan fingerprint density at radius 1 is 1.06 bits per heavy atom. The number of hydrogen-bond donors (Lipinski definition) is 1. The Morgan fingerprint density at radius 2 is 1.70 bits per heavy atom. The van der Waals surface area contributed by atoms with Gasteiger partial charge in [0.05, 0.1) is 35.5 Å². The summed E-state index contributed by atoms with van der Waals surface area (Å²) in [5.41, 5.74) is 0.612. The van der Waals surface area contributed by atoms with Crippen LogP contribution in [0.4, 0.5) is 0 Å². The number of aromatic amines is 1. The molecule has 3 heterocycles. The molecule has 3 atom stereocenters. The molecule has 2 aromatic rings. The second-order valence-electron chi connectivity index (χ2n) is 11.3. The van der Waals surface area contributed by atoms with E-state index in [9.17, 15) is 14.4 Å². The van der Waals surface area contributed by atoms with Gasteiger partial charge in [-0.25, -0.2) is 4.98 Å². The third-order valence-corrected chi connectivity index (χ3v) is 6.51. The standard InChI is InChI=1S/C25H34N4O4/c1-24(2,3)17(12-20(30)33-25(4,5)6)22(31)28-13-16-11-15(28)14-29(16)23(32)21-26-18-9-7-8-10-19(18)27-21/h7-10,15-17H,11-14H2,1-6H3,(H,26,27)/t15-,16-,17+/m0/s1. The maximum absolute atomic E-state index is 13.5. The third kappa shape index (κ3) is 4.75. The largest absolute Gasteiger partial charge is 0.460 e. The Labute approximate surface area is 194 Å². The fraction of sp³-hybridized carbons (Fsp3) is 0.600. The number of fused-ring (bicyclic) bond motifs is 3. The van der Waals surface area contributed by atoms with Gasteiger partial charge in [-0.15, -0.1) is 0 Å². The summed E-state index contributed by atoms with van der Waals surface area (Å²) in [6, 6.07) is 7.48. The molecular formula is C25H34N4O4. The van der Waals surface area contributed by atoms with E-state index in [1.54, 1.807) is 0 Å². The van der Waals surface area contributed by atoms with Gasteiger partial charge in [0.2, 0.25) is 5.91 Å². The molecule has 8 nitrogen and oxygen atoms in total. The number of carbonyl (C=O) groups excluding carboxylic acids is 3. The minimum absolute atomic E-state index is 0.0308. The van der Waals surface area contributed by atoms with Gasteiger partial charge in [0.15, 0.2) is 5.82 Å². The van der Waals surface area contributed by atoms with Crippen molar-refractivity contribution in [1.82, 2.24) is 19.8 Å². The Kier molecular flexibility index (Phi) is 5.75. The van der Waals surface area contributed by atoms with Crippen LogP contribution in [0.2, 0.25) is 0 Å². The van der Waals surface area contributed by atoms with Gasteiger partial charge in [0.25, 0.3) is 5.91 Å². The number of aromatic nitrogens is 2. The third-order valence-electron chi connectivity index (χ3n) is 6.51. The number of esters is 1. The molecule has 4 rings (SSSR count). The van der Waals surface area contributed by atoms with Crippen molar-refractivity contribution in [2.24, 2.45) is 11.3 Å². The van der Waals surface area contributed by atoms with Crippen LogP contribution in [0, 0.1) is 11.3 Å². The van der Waals surface area contributed by atoms with Crippen molar-refractivity contribution in [3.63, 3.8) is 0 Å². The molecule has 2 aliphatic heterocycles. The fourth-order valence-corrected chi connectivity index (χ4v) is 4.89. The predicted octanol–water partition coefficient (Wildman–Crippen LogP) is 3.38. The van der Waals surface area contributed by atoms with Crippen molar-refractivity contribution in [3.8, 4) is 0 Å². The maximum atomic E-state index is 13.5. The van der Waals surface area contributed by atoms with E-state index < -0.39 is 11.5 Å². The van der Waals surface area contributed by atoms with Crippen LogP contribution in [-0.2, 0) is 14.3 Å². The number of hydrogen-bond acceptors (Lipinski definition) is 5. The summed E-state index contributed by atoms with van der Waals surface area (Å²) in [6.07, 6.45) is 0.802. The van der Waals surface area contributed by atoms with Crippen LogP contribution < -0.4 is 0 Å². The number of benzene rings is 1. The number of likely N-dealkylation sites (tertiary alicyclic amines) is 2. The average molecular weight is 455 g/mol. The van der Waals surface area contributed by atoms with E-state index in [2.05, 4.69) is 9.97 Å². The molecule has 2 aliphatic rings. The monoisotopic (exact) mass is 454 g/mol. The smallest absolute Gasteiger partial charge is 0.307 e. The van der Waals surface area contributed by atoms with Gasteiger partial charge in [-0.1, -0.05) is 32.9 Å². The van der Waals surface area contributed by atoms with Crippen LogP contribution >= 0.6 is 0 Å². The molecule has 2 saturated heterocycles. The number of amides is 2. The van der Waals surface area contributed by atoms with Crippen LogP contribution in [0.3, 0.4) is 0 Å². The lowest BCUT2D eigenvalue weighted by molar-refractivity contribution is -0.161. The molecule has 33 heavy (non-hydrogen) atoms. The molecule has 0 unspecified atom stereocenters. The van der Waals surface area contributed by atoms with Crippen molar-refractivity contribution < 1.29 is 19.1 Å². The lowest BCUT2D eigenvalue weighted by Gasteiger charge is -2.39. The van der Waals surface area contributed by atoms with Crippen molar-refractivity contribution in [3.05, 3.63) is 30.1 Å². The molecular weight excluding hydrogens is 420 g/mol. The Morgan fingerprint density at radius 3 is 2.27 bits per heavy atom. The van der Waals surface area contributed by atoms with Gasteiger partial charge in [-0.05, 0) is 44.7 Å². The summed E-state index contributed by atoms with van der Waals surface area (Å²) in [6.45, 7) is 12.4. The molecule has 2 bridgehead atoms. The molecule has 1 aromatic heterocycles. The van der Waals surface area contributed by atoms with Gasteiger partial charge in [0, 0.05) is 13.1 Å². The molecule has 0 radical (unpaired) electrons. The van der Waals surface area contributed by atoms with Gasteiger partial charge in [0.1, 0.15) is 5.60 Å². The SMILES string of the molecule is CC(C)(C)OC(=O)C[C@H](C(=O)N1C[C@@H]2C[C@H]1CN2C(=O)c1nc2ccccc2[nH]1)C(C)(C)C.